The van der Waals surface area contributed by atoms with Gasteiger partial charge in [-0.15, -0.1) is 0 Å². The third-order valence-corrected chi connectivity index (χ3v) is 4.48. The van der Waals surface area contributed by atoms with E-state index in [1.165, 1.54) is 24.3 Å². The molecule has 0 fully saturated rings. The Morgan fingerprint density at radius 2 is 1.88 bits per heavy atom. The zero-order chi connectivity index (χ0) is 17.7. The molecule has 2 heterocycles. The summed E-state index contributed by atoms with van der Waals surface area (Å²) in [5.74, 6) is -0.0928. The summed E-state index contributed by atoms with van der Waals surface area (Å²) in [5, 5.41) is 17.5. The van der Waals surface area contributed by atoms with E-state index in [-0.39, 0.29) is 23.1 Å². The average molecular weight is 378 g/mol. The Kier molecular flexibility index (Phi) is 3.55. The molecule has 2 aromatic carbocycles. The number of nitro benzene ring substituents is 1. The number of Topliss-reactive ketones (excluding diaryl/α,β-unsaturated/α-hetero) is 1. The lowest BCUT2D eigenvalue weighted by Crippen LogP contribution is -2.18. The quantitative estimate of drug-likeness (QED) is 0.600. The number of carbonyl (C=O) groups is 1. The molecule has 0 saturated carbocycles. The van der Waals surface area contributed by atoms with Crippen molar-refractivity contribution in [3.05, 3.63) is 73.7 Å². The minimum absolute atomic E-state index is 0.0706. The lowest BCUT2D eigenvalue weighted by molar-refractivity contribution is -0.384. The van der Waals surface area contributed by atoms with Crippen molar-refractivity contribution in [3.8, 4) is 0 Å². The number of nitrogens with zero attached hydrogens (tertiary/aromatic N) is 1. The Bertz CT molecular complexity index is 974. The minimum atomic E-state index is -0.918. The molecule has 0 radical (unpaired) electrons. The molecule has 0 aromatic heterocycles. The van der Waals surface area contributed by atoms with Crippen molar-refractivity contribution in [1.82, 2.24) is 0 Å². The molecule has 0 unspecified atom stereocenters. The smallest absolute Gasteiger partial charge is 0.271 e. The molecule has 0 bridgehead atoms. The van der Waals surface area contributed by atoms with E-state index in [0.717, 1.165) is 0 Å². The van der Waals surface area contributed by atoms with Gasteiger partial charge in [-0.25, -0.2) is 0 Å². The number of hydrogen-bond donors (Lipinski definition) is 2. The molecule has 9 heteroatoms. The Hall–Kier alpha value is -2.77. The van der Waals surface area contributed by atoms with Gasteiger partial charge in [0.25, 0.3) is 5.69 Å². The first-order chi connectivity index (χ1) is 11.9. The van der Waals surface area contributed by atoms with Gasteiger partial charge in [0.05, 0.1) is 16.3 Å². The molecule has 4 rings (SSSR count). The first kappa shape index (κ1) is 15.7. The molecule has 2 aliphatic heterocycles. The van der Waals surface area contributed by atoms with Crippen molar-refractivity contribution in [3.63, 3.8) is 0 Å². The molecule has 126 valence electrons. The van der Waals surface area contributed by atoms with Crippen LogP contribution in [0.3, 0.4) is 0 Å². The van der Waals surface area contributed by atoms with Gasteiger partial charge in [-0.1, -0.05) is 29.3 Å². The Morgan fingerprint density at radius 1 is 1.08 bits per heavy atom. The van der Waals surface area contributed by atoms with E-state index >= 15 is 0 Å². The molecule has 25 heavy (non-hydrogen) atoms. The summed E-state index contributed by atoms with van der Waals surface area (Å²) in [6.07, 6.45) is -0.918. The molecular weight excluding hydrogens is 369 g/mol. The van der Waals surface area contributed by atoms with Gasteiger partial charge in [-0.2, -0.15) is 0 Å². The molecule has 0 amide bonds. The maximum Gasteiger partial charge on any atom is 0.271 e. The number of nitrogens with one attached hydrogen (secondary N) is 2. The van der Waals surface area contributed by atoms with Gasteiger partial charge < -0.3 is 15.4 Å². The number of halogens is 2. The monoisotopic (exact) mass is 377 g/mol. The number of nitro groups is 1. The Labute approximate surface area is 151 Å². The standard InChI is InChI=1S/C16H9Cl2N3O4/c17-7-1-3-9(10(18)5-7)15-14(22)13-16(25-15)20-12-6-8(21(23)24)2-4-11(12)19-13/h1-6,15,19-20H/t15-/m1/s1. The number of ketones is 1. The van der Waals surface area contributed by atoms with Crippen molar-refractivity contribution in [2.75, 3.05) is 10.6 Å². The van der Waals surface area contributed by atoms with Crippen molar-refractivity contribution in [2.24, 2.45) is 0 Å². The second-order valence-electron chi connectivity index (χ2n) is 5.47. The fraction of sp³-hybridized carbons (Fsp3) is 0.0625. The van der Waals surface area contributed by atoms with Crippen LogP contribution in [-0.2, 0) is 9.53 Å². The predicted molar refractivity (Wildman–Crippen MR) is 92.7 cm³/mol. The van der Waals surface area contributed by atoms with Gasteiger partial charge in [0.2, 0.25) is 11.7 Å². The number of non-ortho nitro benzene ring substituents is 1. The maximum atomic E-state index is 12.7. The highest BCUT2D eigenvalue weighted by atomic mass is 35.5. The second-order valence-corrected chi connectivity index (χ2v) is 6.31. The van der Waals surface area contributed by atoms with E-state index in [4.69, 9.17) is 27.9 Å². The summed E-state index contributed by atoms with van der Waals surface area (Å²) in [7, 11) is 0. The molecule has 1 atom stereocenters. The lowest BCUT2D eigenvalue weighted by Gasteiger charge is -2.19. The number of rotatable bonds is 2. The van der Waals surface area contributed by atoms with E-state index in [1.807, 2.05) is 0 Å². The molecular formula is C16H9Cl2N3O4. The first-order valence-corrected chi connectivity index (χ1v) is 7.92. The number of carbonyl (C=O) groups excluding carboxylic acids is 1. The van der Waals surface area contributed by atoms with E-state index in [9.17, 15) is 14.9 Å². The van der Waals surface area contributed by atoms with Crippen molar-refractivity contribution >= 4 is 46.0 Å². The number of fused-ring (bicyclic) bond motifs is 1. The lowest BCUT2D eigenvalue weighted by atomic mass is 10.0. The fourth-order valence-corrected chi connectivity index (χ4v) is 3.23. The maximum absolute atomic E-state index is 12.7. The van der Waals surface area contributed by atoms with Crippen LogP contribution >= 0.6 is 23.2 Å². The zero-order valence-electron chi connectivity index (χ0n) is 12.4. The van der Waals surface area contributed by atoms with E-state index in [1.54, 1.807) is 12.1 Å². The minimum Gasteiger partial charge on any atom is -0.461 e. The number of hydrogen-bond acceptors (Lipinski definition) is 6. The summed E-state index contributed by atoms with van der Waals surface area (Å²) >= 11 is 12.0. The molecule has 2 aliphatic rings. The van der Waals surface area contributed by atoms with Crippen molar-refractivity contribution in [1.29, 1.82) is 0 Å². The molecule has 0 spiro atoms. The highest BCUT2D eigenvalue weighted by molar-refractivity contribution is 6.35. The summed E-state index contributed by atoms with van der Waals surface area (Å²) in [6.45, 7) is 0. The zero-order valence-corrected chi connectivity index (χ0v) is 13.9. The van der Waals surface area contributed by atoms with Crippen LogP contribution in [0.2, 0.25) is 10.0 Å². The van der Waals surface area contributed by atoms with Crippen LogP contribution in [0.25, 0.3) is 0 Å². The molecule has 0 aliphatic carbocycles. The van der Waals surface area contributed by atoms with Crippen LogP contribution in [0.15, 0.2) is 48.0 Å². The molecule has 7 nitrogen and oxygen atoms in total. The summed E-state index contributed by atoms with van der Waals surface area (Å²) in [5.41, 5.74) is 1.66. The van der Waals surface area contributed by atoms with Gasteiger partial charge in [0, 0.05) is 27.7 Å². The van der Waals surface area contributed by atoms with Gasteiger partial charge in [0.1, 0.15) is 5.70 Å². The normalized spacial score (nSPS) is 18.0. The van der Waals surface area contributed by atoms with E-state index in [0.29, 0.717) is 27.0 Å². The van der Waals surface area contributed by atoms with Crippen LogP contribution in [0.1, 0.15) is 11.7 Å². The summed E-state index contributed by atoms with van der Waals surface area (Å²) < 4.78 is 5.70. The molecule has 0 saturated heterocycles. The number of ether oxygens (including phenoxy) is 1. The van der Waals surface area contributed by atoms with E-state index in [2.05, 4.69) is 10.6 Å². The largest absolute Gasteiger partial charge is 0.461 e. The van der Waals surface area contributed by atoms with Crippen LogP contribution in [0, 0.1) is 10.1 Å². The predicted octanol–water partition coefficient (Wildman–Crippen LogP) is 4.25. The Balaban J connectivity index is 1.66. The van der Waals surface area contributed by atoms with Gasteiger partial charge in [-0.05, 0) is 18.2 Å². The SMILES string of the molecule is O=C1C2=C(Nc3cc([N+](=O)[O-])ccc3N2)O[C@@H]1c1ccc(Cl)cc1Cl. The highest BCUT2D eigenvalue weighted by Gasteiger charge is 2.40. The first-order valence-electron chi connectivity index (χ1n) is 7.16. The van der Waals surface area contributed by atoms with Crippen LogP contribution in [0.5, 0.6) is 0 Å². The average Bonchev–Trinajstić information content (AvgIpc) is 2.88. The highest BCUT2D eigenvalue weighted by Crippen LogP contribution is 2.42. The van der Waals surface area contributed by atoms with Crippen LogP contribution in [-0.4, -0.2) is 10.7 Å². The van der Waals surface area contributed by atoms with Crippen molar-refractivity contribution in [2.45, 2.75) is 6.10 Å². The molecule has 2 N–H and O–H groups in total. The fourth-order valence-electron chi connectivity index (χ4n) is 2.72. The van der Waals surface area contributed by atoms with Crippen LogP contribution < -0.4 is 10.6 Å². The van der Waals surface area contributed by atoms with Gasteiger partial charge in [0.15, 0.2) is 6.10 Å². The topological polar surface area (TPSA) is 93.5 Å². The van der Waals surface area contributed by atoms with Gasteiger partial charge >= 0.3 is 0 Å². The van der Waals surface area contributed by atoms with Gasteiger partial charge in [-0.3, -0.25) is 14.9 Å². The Morgan fingerprint density at radius 3 is 2.60 bits per heavy atom. The third kappa shape index (κ3) is 2.57. The third-order valence-electron chi connectivity index (χ3n) is 3.91. The summed E-state index contributed by atoms with van der Waals surface area (Å²) in [4.78, 5) is 23.1. The number of benzene rings is 2. The van der Waals surface area contributed by atoms with Crippen molar-refractivity contribution < 1.29 is 14.5 Å². The number of anilines is 2. The summed E-state index contributed by atoms with van der Waals surface area (Å²) in [6, 6.07) is 9.03. The second kappa shape index (κ2) is 5.65. The van der Waals surface area contributed by atoms with Crippen LogP contribution in [0.4, 0.5) is 17.1 Å². The van der Waals surface area contributed by atoms with E-state index < -0.39 is 11.0 Å². The molecule has 2 aromatic rings.